The number of likely N-dealkylation sites (tertiary alicyclic amines) is 1. The molecule has 33 heavy (non-hydrogen) atoms. The van der Waals surface area contributed by atoms with E-state index in [1.54, 1.807) is 4.90 Å². The molecule has 0 unspecified atom stereocenters. The van der Waals surface area contributed by atoms with Gasteiger partial charge in [0.1, 0.15) is 6.04 Å². The zero-order chi connectivity index (χ0) is 23.5. The van der Waals surface area contributed by atoms with Gasteiger partial charge in [-0.2, -0.15) is 0 Å². The van der Waals surface area contributed by atoms with Crippen molar-refractivity contribution in [1.29, 1.82) is 0 Å². The van der Waals surface area contributed by atoms with Gasteiger partial charge < -0.3 is 15.1 Å². The molecule has 6 nitrogen and oxygen atoms in total. The Bertz CT molecular complexity index is 1070. The smallest absolute Gasteiger partial charge is 0.255 e. The molecule has 2 aromatic rings. The van der Waals surface area contributed by atoms with Gasteiger partial charge in [0.05, 0.1) is 0 Å². The maximum atomic E-state index is 13.8. The molecule has 1 fully saturated rings. The lowest BCUT2D eigenvalue weighted by atomic mass is 9.91. The highest BCUT2D eigenvalue weighted by molar-refractivity contribution is 5.99. The number of amides is 3. The van der Waals surface area contributed by atoms with E-state index in [9.17, 15) is 14.4 Å². The number of anilines is 1. The largest absolute Gasteiger partial charge is 0.341 e. The van der Waals surface area contributed by atoms with E-state index in [2.05, 4.69) is 5.32 Å². The minimum absolute atomic E-state index is 0.0439. The Kier molecular flexibility index (Phi) is 6.82. The van der Waals surface area contributed by atoms with Crippen LogP contribution in [0.25, 0.3) is 0 Å². The predicted molar refractivity (Wildman–Crippen MR) is 129 cm³/mol. The summed E-state index contributed by atoms with van der Waals surface area (Å²) in [7, 11) is 0. The van der Waals surface area contributed by atoms with Crippen molar-refractivity contribution in [3.05, 3.63) is 64.2 Å². The van der Waals surface area contributed by atoms with Gasteiger partial charge in [0.15, 0.2) is 0 Å². The fraction of sp³-hybridized carbons (Fsp3) is 0.444. The molecular weight excluding hydrogens is 414 g/mol. The fourth-order valence-corrected chi connectivity index (χ4v) is 4.79. The number of piperidine rings is 1. The number of benzene rings is 2. The molecule has 174 valence electrons. The molecule has 3 amide bonds. The molecule has 0 radical (unpaired) electrons. The van der Waals surface area contributed by atoms with Crippen molar-refractivity contribution in [2.75, 3.05) is 18.4 Å². The average Bonchev–Trinajstić information content (AvgIpc) is 2.84. The third-order valence-corrected chi connectivity index (χ3v) is 6.78. The first-order chi connectivity index (χ1) is 15.9. The molecule has 1 atom stereocenters. The standard InChI is InChI=1S/C27H33N3O3/c1-4-25(31)28-22-11-10-20-16-24(27(33)29-12-6-5-7-13-29)30(17-21(20)15-22)26(32)23-14-18(2)8-9-19(23)3/h8-11,14-15,24H,4-7,12-13,16-17H2,1-3H3,(H,28,31)/t24-/m1/s1. The lowest BCUT2D eigenvalue weighted by Gasteiger charge is -2.40. The number of rotatable bonds is 4. The number of nitrogens with one attached hydrogen (secondary N) is 1. The van der Waals surface area contributed by atoms with Crippen LogP contribution in [0.4, 0.5) is 5.69 Å². The third kappa shape index (κ3) is 4.95. The van der Waals surface area contributed by atoms with Gasteiger partial charge in [0.2, 0.25) is 11.8 Å². The lowest BCUT2D eigenvalue weighted by molar-refractivity contribution is -0.137. The Morgan fingerprint density at radius 3 is 2.45 bits per heavy atom. The molecule has 6 heteroatoms. The topological polar surface area (TPSA) is 69.7 Å². The molecule has 0 aromatic heterocycles. The second kappa shape index (κ2) is 9.77. The van der Waals surface area contributed by atoms with Crippen LogP contribution < -0.4 is 5.32 Å². The summed E-state index contributed by atoms with van der Waals surface area (Å²) >= 11 is 0. The molecule has 2 aliphatic rings. The second-order valence-corrected chi connectivity index (χ2v) is 9.24. The number of nitrogens with zero attached hydrogens (tertiary/aromatic N) is 2. The maximum absolute atomic E-state index is 13.8. The Morgan fingerprint density at radius 2 is 1.73 bits per heavy atom. The summed E-state index contributed by atoms with van der Waals surface area (Å²) in [6.45, 7) is 7.59. The zero-order valence-electron chi connectivity index (χ0n) is 19.8. The summed E-state index contributed by atoms with van der Waals surface area (Å²) in [6, 6.07) is 11.2. The van der Waals surface area contributed by atoms with Crippen LogP contribution in [0.5, 0.6) is 0 Å². The Morgan fingerprint density at radius 1 is 0.970 bits per heavy atom. The van der Waals surface area contributed by atoms with E-state index in [1.165, 1.54) is 0 Å². The predicted octanol–water partition coefficient (Wildman–Crippen LogP) is 4.23. The molecule has 0 saturated carbocycles. The highest BCUT2D eigenvalue weighted by Gasteiger charge is 2.38. The van der Waals surface area contributed by atoms with Gasteiger partial charge in [-0.25, -0.2) is 0 Å². The van der Waals surface area contributed by atoms with Crippen LogP contribution in [-0.2, 0) is 22.6 Å². The van der Waals surface area contributed by atoms with Crippen LogP contribution in [0.3, 0.4) is 0 Å². The van der Waals surface area contributed by atoms with Gasteiger partial charge in [-0.3, -0.25) is 14.4 Å². The molecule has 1 saturated heterocycles. The van der Waals surface area contributed by atoms with Crippen molar-refractivity contribution < 1.29 is 14.4 Å². The number of carbonyl (C=O) groups is 3. The highest BCUT2D eigenvalue weighted by Crippen LogP contribution is 2.30. The molecule has 2 aliphatic heterocycles. The lowest BCUT2D eigenvalue weighted by Crippen LogP contribution is -2.54. The summed E-state index contributed by atoms with van der Waals surface area (Å²) in [5, 5.41) is 2.90. The molecule has 4 rings (SSSR count). The first-order valence-corrected chi connectivity index (χ1v) is 12.0. The summed E-state index contributed by atoms with van der Waals surface area (Å²) in [5.41, 5.74) is 5.33. The molecular formula is C27H33N3O3. The van der Waals surface area contributed by atoms with Gasteiger partial charge in [-0.15, -0.1) is 0 Å². The Labute approximate surface area is 196 Å². The number of hydrogen-bond donors (Lipinski definition) is 1. The van der Waals surface area contributed by atoms with E-state index < -0.39 is 6.04 Å². The van der Waals surface area contributed by atoms with E-state index in [4.69, 9.17) is 0 Å². The molecule has 2 aromatic carbocycles. The number of hydrogen-bond acceptors (Lipinski definition) is 3. The molecule has 0 spiro atoms. The van der Waals surface area contributed by atoms with Crippen molar-refractivity contribution in [3.63, 3.8) is 0 Å². The van der Waals surface area contributed by atoms with Crippen LogP contribution in [-0.4, -0.2) is 46.7 Å². The molecule has 1 N–H and O–H groups in total. The maximum Gasteiger partial charge on any atom is 0.255 e. The van der Waals surface area contributed by atoms with Gasteiger partial charge in [0, 0.05) is 43.7 Å². The van der Waals surface area contributed by atoms with Crippen molar-refractivity contribution >= 4 is 23.4 Å². The summed E-state index contributed by atoms with van der Waals surface area (Å²) in [4.78, 5) is 42.9. The van der Waals surface area contributed by atoms with Crippen LogP contribution in [0.2, 0.25) is 0 Å². The van der Waals surface area contributed by atoms with Crippen molar-refractivity contribution in [2.45, 2.75) is 65.5 Å². The van der Waals surface area contributed by atoms with Gasteiger partial charge in [-0.1, -0.05) is 30.7 Å². The highest BCUT2D eigenvalue weighted by atomic mass is 16.2. The SMILES string of the molecule is CCC(=O)Nc1ccc2c(c1)CN(C(=O)c1cc(C)ccc1C)[C@@H](C(=O)N1CCCCC1)C2. The van der Waals surface area contributed by atoms with Gasteiger partial charge in [-0.05, 0) is 68.0 Å². The van der Waals surface area contributed by atoms with Crippen LogP contribution in [0.15, 0.2) is 36.4 Å². The monoisotopic (exact) mass is 447 g/mol. The second-order valence-electron chi connectivity index (χ2n) is 9.24. The average molecular weight is 448 g/mol. The van der Waals surface area contributed by atoms with Crippen molar-refractivity contribution in [1.82, 2.24) is 9.80 Å². The summed E-state index contributed by atoms with van der Waals surface area (Å²) in [5.74, 6) is -0.116. The number of aryl methyl sites for hydroxylation is 2. The van der Waals surface area contributed by atoms with Crippen molar-refractivity contribution in [2.24, 2.45) is 0 Å². The normalized spacial score (nSPS) is 18.0. The minimum atomic E-state index is -0.515. The summed E-state index contributed by atoms with van der Waals surface area (Å²) < 4.78 is 0. The van der Waals surface area contributed by atoms with Gasteiger partial charge in [0.25, 0.3) is 5.91 Å². The van der Waals surface area contributed by atoms with E-state index in [1.807, 2.05) is 62.1 Å². The Balaban J connectivity index is 1.69. The van der Waals surface area contributed by atoms with E-state index in [-0.39, 0.29) is 17.7 Å². The molecule has 0 bridgehead atoms. The van der Waals surface area contributed by atoms with E-state index in [0.717, 1.165) is 60.3 Å². The van der Waals surface area contributed by atoms with Crippen LogP contribution >= 0.6 is 0 Å². The quantitative estimate of drug-likeness (QED) is 0.763. The third-order valence-electron chi connectivity index (χ3n) is 6.78. The number of fused-ring (bicyclic) bond motifs is 1. The zero-order valence-corrected chi connectivity index (χ0v) is 19.8. The first kappa shape index (κ1) is 23.0. The summed E-state index contributed by atoms with van der Waals surface area (Å²) in [6.07, 6.45) is 4.07. The van der Waals surface area contributed by atoms with Crippen LogP contribution in [0, 0.1) is 13.8 Å². The molecule has 2 heterocycles. The Hall–Kier alpha value is -3.15. The van der Waals surface area contributed by atoms with E-state index in [0.29, 0.717) is 24.9 Å². The van der Waals surface area contributed by atoms with E-state index >= 15 is 0 Å². The molecule has 0 aliphatic carbocycles. The first-order valence-electron chi connectivity index (χ1n) is 12.0. The fourth-order valence-electron chi connectivity index (χ4n) is 4.79. The minimum Gasteiger partial charge on any atom is -0.341 e. The van der Waals surface area contributed by atoms with Gasteiger partial charge >= 0.3 is 0 Å². The number of carbonyl (C=O) groups excluding carboxylic acids is 3. The van der Waals surface area contributed by atoms with Crippen molar-refractivity contribution in [3.8, 4) is 0 Å². The van der Waals surface area contributed by atoms with Crippen LogP contribution in [0.1, 0.15) is 65.2 Å².